The first-order chi connectivity index (χ1) is 64.4. The van der Waals surface area contributed by atoms with Crippen LogP contribution in [0.5, 0.6) is 0 Å². The van der Waals surface area contributed by atoms with E-state index < -0.39 is 241 Å². The summed E-state index contributed by atoms with van der Waals surface area (Å²) in [5, 5.41) is 49.6. The topological polar surface area (TPSA) is 635 Å². The van der Waals surface area contributed by atoms with Crippen LogP contribution in [0.25, 0.3) is 21.8 Å². The quantitative estimate of drug-likeness (QED) is 0.0180. The van der Waals surface area contributed by atoms with Crippen LogP contribution in [0.2, 0.25) is 0 Å². The van der Waals surface area contributed by atoms with Gasteiger partial charge in [-0.25, -0.2) is 4.98 Å². The molecule has 2 fully saturated rings. The normalized spacial score (nSPS) is 23.4. The number of aliphatic hydroxyl groups is 1. The van der Waals surface area contributed by atoms with E-state index >= 15 is 43.2 Å². The van der Waals surface area contributed by atoms with Crippen molar-refractivity contribution >= 4 is 145 Å². The molecule has 2 aliphatic rings. The van der Waals surface area contributed by atoms with Gasteiger partial charge in [-0.15, -0.1) is 11.8 Å². The number of unbranched alkanes of at least 4 members (excludes halogenated alkanes) is 2. The van der Waals surface area contributed by atoms with E-state index in [1.165, 1.54) is 62.3 Å². The SMILES string of the molecule is CCCC[C@@H]1C(=O)N(C)[C@@H](CCCC)C(=O)C[C@@H](CCCNC(=N)N)C(=O)N[C@H](C(=O)NCC(N)=O)CSCC(=O)N[C@@H](Cc2ccccc2)C(=O)N(C)[C@@H](C)C(=O)N[C@@H](CC(N)=O)C(=O)N2CCC[C@H]2C(=O)C[C@@H](Cc2cnc[nH]2)C(=O)C[C@@H](CCCNC(=N)N)C(=O)N(C)CC(=O)N[C@@H](Cc2c[nH]c3ccccc23)C(=O)C[C@@H](CO)C(=O)N[C@@H](Cc2c[nH]c3ccccc23)C(=O)N1C. The Bertz CT molecular complexity index is 5160. The highest BCUT2D eigenvalue weighted by molar-refractivity contribution is 8.00. The van der Waals surface area contributed by atoms with E-state index in [0.717, 1.165) is 21.6 Å². The summed E-state index contributed by atoms with van der Waals surface area (Å²) in [6, 6.07) is 9.78. The summed E-state index contributed by atoms with van der Waals surface area (Å²) in [7, 11) is 5.36. The van der Waals surface area contributed by atoms with Gasteiger partial charge in [0.05, 0.1) is 62.2 Å². The highest BCUT2D eigenvalue weighted by atomic mass is 32.2. The van der Waals surface area contributed by atoms with Crippen LogP contribution in [0.15, 0.2) is 104 Å². The van der Waals surface area contributed by atoms with Crippen molar-refractivity contribution in [3.63, 3.8) is 0 Å². The number of imidazole rings is 1. The number of aliphatic hydroxyl groups excluding tert-OH is 1. The molecular weight excluding hydrogens is 1760 g/mol. The number of carbonyl (C=O) groups is 17. The number of hydrogen-bond acceptors (Lipinski definition) is 22. The van der Waals surface area contributed by atoms with E-state index in [9.17, 15) is 43.5 Å². The Morgan fingerprint density at radius 2 is 1.06 bits per heavy atom. The highest BCUT2D eigenvalue weighted by Gasteiger charge is 2.44. The molecular formula is C93H131N23O18S. The third kappa shape index (κ3) is 31.9. The van der Waals surface area contributed by atoms with Gasteiger partial charge >= 0.3 is 0 Å². The van der Waals surface area contributed by atoms with Crippen molar-refractivity contribution in [3.8, 4) is 0 Å². The number of fused-ring (bicyclic) bond motifs is 3. The molecule has 6 aromatic rings. The first-order valence-electron chi connectivity index (χ1n) is 45.7. The molecule has 0 aliphatic carbocycles. The summed E-state index contributed by atoms with van der Waals surface area (Å²) in [6.07, 6.45) is 4.62. The fourth-order valence-electron chi connectivity index (χ4n) is 17.0. The third-order valence-corrected chi connectivity index (χ3v) is 25.7. The van der Waals surface area contributed by atoms with Gasteiger partial charge in [0.2, 0.25) is 76.8 Å². The minimum atomic E-state index is -1.72. The fraction of sp³-hybridized carbons (Fsp3) is 0.527. The maximum absolute atomic E-state index is 15.8. The van der Waals surface area contributed by atoms with E-state index in [4.69, 9.17) is 33.8 Å². The second-order valence-corrected chi connectivity index (χ2v) is 35.8. The molecule has 0 spiro atoms. The summed E-state index contributed by atoms with van der Waals surface area (Å²) in [5.41, 5.74) is 25.9. The number of guanidine groups is 2. The predicted octanol–water partition coefficient (Wildman–Crippen LogP) is 0.442. The molecule has 2 aliphatic heterocycles. The van der Waals surface area contributed by atoms with Crippen molar-refractivity contribution in [3.05, 3.63) is 126 Å². The number of nitrogens with zero attached hydrogens (tertiary/aromatic N) is 6. The summed E-state index contributed by atoms with van der Waals surface area (Å²) >= 11 is 0.817. The molecule has 0 saturated carbocycles. The number of thioether (sulfide) groups is 1. The lowest BCUT2D eigenvalue weighted by Gasteiger charge is -2.36. The molecule has 2 saturated heterocycles. The number of Topliss-reactive ketones (excluding diaryl/α,β-unsaturated/α-hetero) is 4. The van der Waals surface area contributed by atoms with Crippen LogP contribution in [0.3, 0.4) is 0 Å². The molecule has 135 heavy (non-hydrogen) atoms. The number of rotatable bonds is 28. The Balaban J connectivity index is 1.19. The standard InChI is InChI=1S/C93H131N23O18S/c1-8-10-30-72-77(120)40-56(24-19-33-101-92(96)97)84(127)111-71(86(129)105-48-80(95)123)51-135-52-82(125)108-68(36-55-22-13-12-14-23-55)88(131)113(5)54(3)83(126)109-70(44-79(94)122)90(133)116-35-21-32-73(116)78(121)42-58(37-62-47-100-53-106-62)75(118)41-57(25-20-34-102-93(98)99)87(130)112(4)49-81(124)107-67(38-59-45-103-65-28-17-15-26-63(59)65)76(119)43-61(50-117)85(128)110-69(39-60-46-104-66-29-18-16-27-64(60)66)89(132)115(7)74(31-11-9-2)91(134)114(72)6/h12-18,22-23,26-29,45-47,53-54,56-58,61,67-74,103-104,117H,8-11,19-21,24-25,30-44,48-52H2,1-7H3,(H2,94,122)(H2,95,123)(H,100,106)(H,105,129)(H,107,124)(H,108,125)(H,109,126)(H,110,128)(H,111,127)(H4,96,97,101)(H4,98,99,102)/t54-,56+,57+,58+,61-,67-,68-,69-,70-,71-,72-,73-,74+/m0/s1. The van der Waals surface area contributed by atoms with Gasteiger partial charge < -0.3 is 110 Å². The summed E-state index contributed by atoms with van der Waals surface area (Å²) in [6.45, 7) is 2.72. The zero-order chi connectivity index (χ0) is 98.7. The Kier molecular flexibility index (Phi) is 41.9. The molecule has 3 aromatic heterocycles. The average Bonchev–Trinajstić information content (AvgIpc) is 1.78. The summed E-state index contributed by atoms with van der Waals surface area (Å²) < 4.78 is 0. The largest absolute Gasteiger partial charge is 0.396 e. The zero-order valence-electron chi connectivity index (χ0n) is 77.6. The molecule has 3 aromatic carbocycles. The Morgan fingerprint density at radius 1 is 0.519 bits per heavy atom. The van der Waals surface area contributed by atoms with Crippen LogP contribution in [0.1, 0.15) is 152 Å². The average molecular weight is 1890 g/mol. The summed E-state index contributed by atoms with van der Waals surface area (Å²) in [4.78, 5) is 269. The Hall–Kier alpha value is -13.4. The molecule has 0 radical (unpaired) electrons. The number of primary amides is 2. The Morgan fingerprint density at radius 3 is 1.65 bits per heavy atom. The first kappa shape index (κ1) is 107. The molecule has 41 nitrogen and oxygen atoms in total. The van der Waals surface area contributed by atoms with Crippen LogP contribution in [0, 0.1) is 34.5 Å². The minimum absolute atomic E-state index is 0.0330. The predicted molar refractivity (Wildman–Crippen MR) is 504 cm³/mol. The number of hydrogen-bond donors (Lipinski definition) is 18. The number of benzene rings is 3. The van der Waals surface area contributed by atoms with Crippen LogP contribution in [0.4, 0.5) is 0 Å². The van der Waals surface area contributed by atoms with Crippen molar-refractivity contribution in [2.45, 2.75) is 210 Å². The zero-order valence-corrected chi connectivity index (χ0v) is 78.4. The lowest BCUT2D eigenvalue weighted by molar-refractivity contribution is -0.149. The van der Waals surface area contributed by atoms with Crippen molar-refractivity contribution in [2.24, 2.45) is 46.6 Å². The maximum Gasteiger partial charge on any atom is 0.246 e. The number of carbonyl (C=O) groups excluding carboxylic acids is 17. The minimum Gasteiger partial charge on any atom is -0.396 e. The molecule has 8 rings (SSSR count). The molecule has 5 heterocycles. The molecule has 22 N–H and O–H groups in total. The molecule has 13 atom stereocenters. The molecule has 13 amide bonds. The van der Waals surface area contributed by atoms with Crippen molar-refractivity contribution in [1.29, 1.82) is 10.8 Å². The van der Waals surface area contributed by atoms with E-state index in [1.807, 2.05) is 13.8 Å². The van der Waals surface area contributed by atoms with E-state index in [2.05, 4.69) is 62.5 Å². The molecule has 732 valence electrons. The number of ketones is 4. The van der Waals surface area contributed by atoms with Gasteiger partial charge in [-0.2, -0.15) is 0 Å². The van der Waals surface area contributed by atoms with Crippen molar-refractivity contribution < 1.29 is 86.6 Å². The smallest absolute Gasteiger partial charge is 0.246 e. The van der Waals surface area contributed by atoms with E-state index in [0.29, 0.717) is 69.9 Å². The van der Waals surface area contributed by atoms with Crippen LogP contribution < -0.4 is 65.5 Å². The highest BCUT2D eigenvalue weighted by Crippen LogP contribution is 2.30. The maximum atomic E-state index is 15.8. The third-order valence-electron chi connectivity index (χ3n) is 24.6. The van der Waals surface area contributed by atoms with Crippen LogP contribution in [-0.4, -0.2) is 295 Å². The van der Waals surface area contributed by atoms with Crippen molar-refractivity contribution in [2.75, 3.05) is 79.0 Å². The van der Waals surface area contributed by atoms with E-state index in [-0.39, 0.29) is 108 Å². The van der Waals surface area contributed by atoms with Gasteiger partial charge in [0, 0.05) is 162 Å². The number of nitrogens with one attached hydrogen (secondary N) is 13. The van der Waals surface area contributed by atoms with Gasteiger partial charge in [0.1, 0.15) is 42.0 Å². The van der Waals surface area contributed by atoms with Gasteiger partial charge in [0.25, 0.3) is 0 Å². The number of aromatic amines is 3. The lowest BCUT2D eigenvalue weighted by atomic mass is 9.84. The number of H-pyrrole nitrogens is 3. The van der Waals surface area contributed by atoms with Gasteiger partial charge in [-0.05, 0) is 93.5 Å². The number of aromatic nitrogens is 4. The number of likely N-dealkylation sites (N-methyl/N-ethyl adjacent to an activating group) is 4. The molecule has 42 heteroatoms. The summed E-state index contributed by atoms with van der Waals surface area (Å²) in [5.74, 6) is -20.8. The number of para-hydroxylation sites is 2. The number of amides is 13. The van der Waals surface area contributed by atoms with E-state index in [1.54, 1.807) is 91.3 Å². The van der Waals surface area contributed by atoms with Gasteiger partial charge in [0.15, 0.2) is 29.3 Å². The molecule has 0 bridgehead atoms. The monoisotopic (exact) mass is 1890 g/mol. The number of nitrogens with two attached hydrogens (primary N) is 4. The fourth-order valence-corrected chi connectivity index (χ4v) is 17.8. The van der Waals surface area contributed by atoms with Crippen LogP contribution in [-0.2, 0) is 107 Å². The lowest BCUT2D eigenvalue weighted by Crippen LogP contribution is -2.58. The Labute approximate surface area is 787 Å². The molecule has 0 unspecified atom stereocenters. The first-order valence-corrected chi connectivity index (χ1v) is 46.8. The second kappa shape index (κ2) is 52.9. The second-order valence-electron chi connectivity index (χ2n) is 34.7. The van der Waals surface area contributed by atoms with Crippen LogP contribution >= 0.6 is 11.8 Å². The van der Waals surface area contributed by atoms with Crippen molar-refractivity contribution in [1.82, 2.24) is 87.0 Å². The van der Waals surface area contributed by atoms with Gasteiger partial charge in [-0.3, -0.25) is 92.3 Å². The van der Waals surface area contributed by atoms with Gasteiger partial charge in [-0.1, -0.05) is 106 Å².